The standard InChI is InChI=1S/C23H25N3O/c1-3-17-4-10-20(11-5-17)23-22-21(24-15-25-22)12-13-26(23)14-18-6-8-19(9-7-18)16(2)27/h4-11,15,23H,3,12-14H2,1-2H3,(H,24,25)/t23-/m1/s1. The molecule has 27 heavy (non-hydrogen) atoms. The lowest BCUT2D eigenvalue weighted by Gasteiger charge is -2.35. The van der Waals surface area contributed by atoms with E-state index in [1.807, 2.05) is 18.5 Å². The van der Waals surface area contributed by atoms with E-state index in [1.165, 1.54) is 22.4 Å². The van der Waals surface area contributed by atoms with Gasteiger partial charge in [0.25, 0.3) is 0 Å². The molecule has 0 saturated carbocycles. The van der Waals surface area contributed by atoms with Gasteiger partial charge in [-0.05, 0) is 30.0 Å². The molecule has 1 aliphatic heterocycles. The van der Waals surface area contributed by atoms with Crippen molar-refractivity contribution in [1.82, 2.24) is 14.9 Å². The molecule has 1 N–H and O–H groups in total. The van der Waals surface area contributed by atoms with Crippen LogP contribution in [0.4, 0.5) is 0 Å². The Balaban J connectivity index is 1.64. The minimum atomic E-state index is 0.106. The van der Waals surface area contributed by atoms with Crippen LogP contribution in [0.5, 0.6) is 0 Å². The van der Waals surface area contributed by atoms with E-state index in [0.29, 0.717) is 0 Å². The Bertz CT molecular complexity index is 925. The van der Waals surface area contributed by atoms with Crippen LogP contribution in [0.25, 0.3) is 0 Å². The highest BCUT2D eigenvalue weighted by molar-refractivity contribution is 5.94. The summed E-state index contributed by atoms with van der Waals surface area (Å²) in [6.07, 6.45) is 3.83. The molecular weight excluding hydrogens is 334 g/mol. The minimum absolute atomic E-state index is 0.106. The average Bonchev–Trinajstić information content (AvgIpc) is 3.17. The van der Waals surface area contributed by atoms with E-state index in [0.717, 1.165) is 37.2 Å². The van der Waals surface area contributed by atoms with E-state index in [2.05, 4.69) is 58.2 Å². The highest BCUT2D eigenvalue weighted by Gasteiger charge is 2.30. The number of aromatic amines is 1. The second-order valence-corrected chi connectivity index (χ2v) is 7.24. The smallest absolute Gasteiger partial charge is 0.159 e. The van der Waals surface area contributed by atoms with E-state index in [1.54, 1.807) is 6.92 Å². The summed E-state index contributed by atoms with van der Waals surface area (Å²) in [4.78, 5) is 22.0. The van der Waals surface area contributed by atoms with Gasteiger partial charge in [-0.15, -0.1) is 0 Å². The fourth-order valence-corrected chi connectivity index (χ4v) is 3.88. The third-order valence-corrected chi connectivity index (χ3v) is 5.47. The van der Waals surface area contributed by atoms with Crippen molar-refractivity contribution in [1.29, 1.82) is 0 Å². The van der Waals surface area contributed by atoms with Crippen LogP contribution in [0, 0.1) is 0 Å². The van der Waals surface area contributed by atoms with Crippen LogP contribution in [-0.4, -0.2) is 27.2 Å². The molecule has 0 radical (unpaired) electrons. The van der Waals surface area contributed by atoms with Crippen LogP contribution < -0.4 is 0 Å². The molecule has 2 heterocycles. The number of aromatic nitrogens is 2. The monoisotopic (exact) mass is 359 g/mol. The van der Waals surface area contributed by atoms with Gasteiger partial charge in [0.05, 0.1) is 18.1 Å². The van der Waals surface area contributed by atoms with Crippen LogP contribution in [-0.2, 0) is 19.4 Å². The zero-order valence-electron chi connectivity index (χ0n) is 15.9. The van der Waals surface area contributed by atoms with Crippen LogP contribution in [0.2, 0.25) is 0 Å². The van der Waals surface area contributed by atoms with Crippen molar-refractivity contribution >= 4 is 5.78 Å². The number of ketones is 1. The summed E-state index contributed by atoms with van der Waals surface area (Å²) < 4.78 is 0. The second kappa shape index (κ2) is 7.49. The zero-order valence-corrected chi connectivity index (χ0v) is 15.9. The van der Waals surface area contributed by atoms with Crippen molar-refractivity contribution in [3.05, 3.63) is 88.5 Å². The Morgan fingerprint density at radius 1 is 1.11 bits per heavy atom. The van der Waals surface area contributed by atoms with Crippen LogP contribution >= 0.6 is 0 Å². The number of carbonyl (C=O) groups excluding carboxylic acids is 1. The summed E-state index contributed by atoms with van der Waals surface area (Å²) in [5.74, 6) is 0.106. The molecule has 1 atom stereocenters. The van der Waals surface area contributed by atoms with E-state index in [-0.39, 0.29) is 11.8 Å². The quantitative estimate of drug-likeness (QED) is 0.690. The number of nitrogens with one attached hydrogen (secondary N) is 1. The second-order valence-electron chi connectivity index (χ2n) is 7.24. The number of Topliss-reactive ketones (excluding diaryl/α,β-unsaturated/α-hetero) is 1. The Kier molecular flexibility index (Phi) is 4.90. The first-order chi connectivity index (χ1) is 13.2. The Labute approximate surface area is 160 Å². The predicted molar refractivity (Wildman–Crippen MR) is 107 cm³/mol. The van der Waals surface area contributed by atoms with Gasteiger partial charge in [-0.25, -0.2) is 4.98 Å². The third-order valence-electron chi connectivity index (χ3n) is 5.47. The maximum Gasteiger partial charge on any atom is 0.159 e. The zero-order chi connectivity index (χ0) is 18.8. The molecular formula is C23H25N3O. The molecule has 0 fully saturated rings. The first kappa shape index (κ1) is 17.7. The van der Waals surface area contributed by atoms with Gasteiger partial charge in [0, 0.05) is 30.8 Å². The molecule has 4 heteroatoms. The Morgan fingerprint density at radius 3 is 2.48 bits per heavy atom. The summed E-state index contributed by atoms with van der Waals surface area (Å²) in [6.45, 7) is 5.60. The highest BCUT2D eigenvalue weighted by atomic mass is 16.1. The van der Waals surface area contributed by atoms with Crippen LogP contribution in [0.1, 0.15) is 58.3 Å². The fraction of sp³-hybridized carbons (Fsp3) is 0.304. The van der Waals surface area contributed by atoms with Crippen molar-refractivity contribution < 1.29 is 4.79 Å². The molecule has 2 aromatic carbocycles. The Hall–Kier alpha value is -2.72. The number of rotatable bonds is 5. The van der Waals surface area contributed by atoms with Gasteiger partial charge in [0.1, 0.15) is 0 Å². The summed E-state index contributed by atoms with van der Waals surface area (Å²) in [5, 5.41) is 0. The topological polar surface area (TPSA) is 49.0 Å². The van der Waals surface area contributed by atoms with Gasteiger partial charge >= 0.3 is 0 Å². The first-order valence-corrected chi connectivity index (χ1v) is 9.60. The number of hydrogen-bond donors (Lipinski definition) is 1. The lowest BCUT2D eigenvalue weighted by atomic mass is 9.94. The minimum Gasteiger partial charge on any atom is -0.348 e. The van der Waals surface area contributed by atoms with Crippen molar-refractivity contribution in [3.8, 4) is 0 Å². The van der Waals surface area contributed by atoms with Gasteiger partial charge < -0.3 is 4.98 Å². The molecule has 3 aromatic rings. The molecule has 0 amide bonds. The normalized spacial score (nSPS) is 16.9. The molecule has 4 rings (SSSR count). The SMILES string of the molecule is CCc1ccc([C@@H]2c3nc[nH]c3CCN2Cc2ccc(C(C)=O)cc2)cc1. The van der Waals surface area contributed by atoms with E-state index >= 15 is 0 Å². The molecule has 1 aliphatic rings. The number of imidazole rings is 1. The third kappa shape index (κ3) is 3.58. The maximum atomic E-state index is 11.5. The number of nitrogens with zero attached hydrogens (tertiary/aromatic N) is 2. The van der Waals surface area contributed by atoms with E-state index in [9.17, 15) is 4.79 Å². The van der Waals surface area contributed by atoms with Gasteiger partial charge in [0.2, 0.25) is 0 Å². The highest BCUT2D eigenvalue weighted by Crippen LogP contribution is 2.34. The predicted octanol–water partition coefficient (Wildman–Crippen LogP) is 4.32. The molecule has 0 unspecified atom stereocenters. The summed E-state index contributed by atoms with van der Waals surface area (Å²) >= 11 is 0. The number of fused-ring (bicyclic) bond motifs is 1. The number of aryl methyl sites for hydroxylation is 1. The van der Waals surface area contributed by atoms with Crippen molar-refractivity contribution in [3.63, 3.8) is 0 Å². The number of benzene rings is 2. The molecule has 138 valence electrons. The van der Waals surface area contributed by atoms with Gasteiger partial charge in [-0.1, -0.05) is 55.5 Å². The van der Waals surface area contributed by atoms with Crippen molar-refractivity contribution in [2.45, 2.75) is 39.3 Å². The first-order valence-electron chi connectivity index (χ1n) is 9.60. The number of hydrogen-bond acceptors (Lipinski definition) is 3. The van der Waals surface area contributed by atoms with Gasteiger partial charge in [0.15, 0.2) is 5.78 Å². The fourth-order valence-electron chi connectivity index (χ4n) is 3.88. The lowest BCUT2D eigenvalue weighted by Crippen LogP contribution is -2.35. The molecule has 0 aliphatic carbocycles. The average molecular weight is 359 g/mol. The van der Waals surface area contributed by atoms with E-state index in [4.69, 9.17) is 0 Å². The molecule has 4 nitrogen and oxygen atoms in total. The molecule has 0 bridgehead atoms. The number of carbonyl (C=O) groups is 1. The molecule has 1 aromatic heterocycles. The number of H-pyrrole nitrogens is 1. The molecule has 0 spiro atoms. The largest absolute Gasteiger partial charge is 0.348 e. The lowest BCUT2D eigenvalue weighted by molar-refractivity contribution is 0.101. The molecule has 0 saturated heterocycles. The summed E-state index contributed by atoms with van der Waals surface area (Å²) in [6, 6.07) is 17.0. The van der Waals surface area contributed by atoms with Gasteiger partial charge in [-0.3, -0.25) is 9.69 Å². The van der Waals surface area contributed by atoms with Crippen molar-refractivity contribution in [2.75, 3.05) is 6.54 Å². The summed E-state index contributed by atoms with van der Waals surface area (Å²) in [5.41, 5.74) is 6.98. The maximum absolute atomic E-state index is 11.5. The Morgan fingerprint density at radius 2 is 1.81 bits per heavy atom. The van der Waals surface area contributed by atoms with Gasteiger partial charge in [-0.2, -0.15) is 0 Å². The van der Waals surface area contributed by atoms with Crippen LogP contribution in [0.15, 0.2) is 54.9 Å². The summed E-state index contributed by atoms with van der Waals surface area (Å²) in [7, 11) is 0. The van der Waals surface area contributed by atoms with Crippen LogP contribution in [0.3, 0.4) is 0 Å². The van der Waals surface area contributed by atoms with E-state index < -0.39 is 0 Å². The van der Waals surface area contributed by atoms with Crippen molar-refractivity contribution in [2.24, 2.45) is 0 Å².